The minimum atomic E-state index is -0.493. The molecule has 0 saturated carbocycles. The molecule has 0 fully saturated rings. The third-order valence-electron chi connectivity index (χ3n) is 15.8. The summed E-state index contributed by atoms with van der Waals surface area (Å²) in [5, 5.41) is 4.10. The summed E-state index contributed by atoms with van der Waals surface area (Å²) < 4.78 is 0. The van der Waals surface area contributed by atoms with E-state index in [0.29, 0.717) is 0 Å². The Morgan fingerprint density at radius 2 is 1.32 bits per heavy atom. The van der Waals surface area contributed by atoms with Gasteiger partial charge < -0.3 is 11.1 Å². The Morgan fingerprint density at radius 1 is 0.653 bits per heavy atom. The normalized spacial score (nSPS) is 19.7. The van der Waals surface area contributed by atoms with Crippen LogP contribution in [0.2, 0.25) is 0 Å². The zero-order valence-electron chi connectivity index (χ0n) is 42.4. The van der Waals surface area contributed by atoms with Gasteiger partial charge in [0.1, 0.15) is 0 Å². The first-order valence-electron chi connectivity index (χ1n) is 26.8. The van der Waals surface area contributed by atoms with Crippen LogP contribution in [0.5, 0.6) is 0 Å². The predicted octanol–water partition coefficient (Wildman–Crippen LogP) is 16.9. The molecule has 3 atom stereocenters. The molecule has 364 valence electrons. The number of nitrogens with one attached hydrogen (secondary N) is 1. The van der Waals surface area contributed by atoms with Gasteiger partial charge in [-0.1, -0.05) is 279 Å². The highest BCUT2D eigenvalue weighted by Crippen LogP contribution is 2.57. The third kappa shape index (κ3) is 9.74. The summed E-state index contributed by atoms with van der Waals surface area (Å²) in [6, 6.07) is 70.1. The van der Waals surface area contributed by atoms with Crippen molar-refractivity contribution < 1.29 is 0 Å². The number of nitrogens with two attached hydrogens (primary N) is 1. The second-order valence-corrected chi connectivity index (χ2v) is 20.4. The first kappa shape index (κ1) is 47.4. The van der Waals surface area contributed by atoms with Crippen molar-refractivity contribution in [2.45, 2.75) is 49.6 Å². The van der Waals surface area contributed by atoms with E-state index in [0.717, 1.165) is 37.7 Å². The van der Waals surface area contributed by atoms with E-state index in [2.05, 4.69) is 278 Å². The van der Waals surface area contributed by atoms with Crippen LogP contribution in [0, 0.1) is 5.92 Å². The number of fused-ring (bicyclic) bond motifs is 3. The van der Waals surface area contributed by atoms with Gasteiger partial charge in [-0.25, -0.2) is 0 Å². The topological polar surface area (TPSA) is 38.0 Å². The van der Waals surface area contributed by atoms with Gasteiger partial charge in [0.05, 0.1) is 11.5 Å². The molecule has 0 amide bonds. The summed E-state index contributed by atoms with van der Waals surface area (Å²) in [5.41, 5.74) is 29.5. The van der Waals surface area contributed by atoms with E-state index in [9.17, 15) is 0 Å². The maximum atomic E-state index is 6.91. The van der Waals surface area contributed by atoms with E-state index >= 15 is 0 Å². The van der Waals surface area contributed by atoms with Crippen LogP contribution in [0.15, 0.2) is 307 Å². The predicted molar refractivity (Wildman–Crippen MR) is 315 cm³/mol. The Hall–Kier alpha value is -8.56. The number of hydrogen-bond acceptors (Lipinski definition) is 2. The van der Waals surface area contributed by atoms with E-state index in [1.807, 2.05) is 6.07 Å². The zero-order valence-corrected chi connectivity index (χ0v) is 42.4. The average molecular weight is 967 g/mol. The van der Waals surface area contributed by atoms with Gasteiger partial charge in [0.15, 0.2) is 0 Å². The van der Waals surface area contributed by atoms with E-state index in [-0.39, 0.29) is 18.0 Å². The maximum Gasteiger partial charge on any atom is 0.0710 e. The van der Waals surface area contributed by atoms with Crippen LogP contribution in [0.1, 0.15) is 76.2 Å². The van der Waals surface area contributed by atoms with Gasteiger partial charge in [-0.05, 0) is 127 Å². The molecule has 0 bridgehead atoms. The number of rotatable bonds is 13. The van der Waals surface area contributed by atoms with Crippen molar-refractivity contribution in [3.63, 3.8) is 0 Å². The van der Waals surface area contributed by atoms with E-state index in [4.69, 9.17) is 5.73 Å². The Labute approximate surface area is 443 Å². The Kier molecular flexibility index (Phi) is 13.6. The SMILES string of the molecule is NC(/C=C(/c1ccccc1)C1C=CC2=C(C1)NC(C1=CC(C3(c4cccc(/C=C/C=C5/C=CC(/C(=C\Cc6ccccc6)c6ccccc6)=CC5)c4)c4ccccc4-c4ccccc43)=CCC1)C=C2)c1ccccc1. The van der Waals surface area contributed by atoms with E-state index in [1.54, 1.807) is 0 Å². The second kappa shape index (κ2) is 21.5. The fourth-order valence-electron chi connectivity index (χ4n) is 12.1. The third-order valence-corrected chi connectivity index (χ3v) is 15.8. The van der Waals surface area contributed by atoms with Gasteiger partial charge in [0.2, 0.25) is 0 Å². The van der Waals surface area contributed by atoms with Crippen LogP contribution < -0.4 is 11.1 Å². The maximum absolute atomic E-state index is 6.91. The lowest BCUT2D eigenvalue weighted by Gasteiger charge is -2.38. The molecule has 0 saturated heterocycles. The van der Waals surface area contributed by atoms with Crippen LogP contribution in [0.3, 0.4) is 0 Å². The van der Waals surface area contributed by atoms with Crippen molar-refractivity contribution in [2.24, 2.45) is 11.7 Å². The molecular formula is C73H62N2. The van der Waals surface area contributed by atoms with Gasteiger partial charge in [0.25, 0.3) is 0 Å². The number of benzene rings is 7. The first-order chi connectivity index (χ1) is 37.1. The fraction of sp³-hybridized carbons (Fsp3) is 0.123. The highest BCUT2D eigenvalue weighted by Gasteiger charge is 2.47. The molecule has 7 aromatic carbocycles. The van der Waals surface area contributed by atoms with E-state index in [1.165, 1.54) is 94.8 Å². The van der Waals surface area contributed by atoms with Crippen molar-refractivity contribution >= 4 is 17.2 Å². The Morgan fingerprint density at radius 3 is 2.04 bits per heavy atom. The molecule has 3 unspecified atom stereocenters. The molecule has 5 aliphatic rings. The highest BCUT2D eigenvalue weighted by atomic mass is 14.9. The largest absolute Gasteiger partial charge is 0.378 e. The highest BCUT2D eigenvalue weighted by molar-refractivity contribution is 5.87. The van der Waals surface area contributed by atoms with Gasteiger partial charge in [0, 0.05) is 17.7 Å². The summed E-state index contributed by atoms with van der Waals surface area (Å²) in [6.45, 7) is 0. The summed E-state index contributed by atoms with van der Waals surface area (Å²) in [5.74, 6) is 0.179. The molecule has 3 N–H and O–H groups in total. The summed E-state index contributed by atoms with van der Waals surface area (Å²) in [6.07, 6.45) is 37.5. The van der Waals surface area contributed by atoms with Crippen molar-refractivity contribution in [1.82, 2.24) is 5.32 Å². The number of dihydropyridines is 1. The van der Waals surface area contributed by atoms with Crippen LogP contribution >= 0.6 is 0 Å². The summed E-state index contributed by atoms with van der Waals surface area (Å²) in [7, 11) is 0. The quantitative estimate of drug-likeness (QED) is 0.121. The first-order valence-corrected chi connectivity index (χ1v) is 26.8. The molecule has 0 radical (unpaired) electrons. The summed E-state index contributed by atoms with van der Waals surface area (Å²) in [4.78, 5) is 0. The molecule has 2 nitrogen and oxygen atoms in total. The molecule has 4 aliphatic carbocycles. The molecule has 1 aliphatic heterocycles. The van der Waals surface area contributed by atoms with Gasteiger partial charge >= 0.3 is 0 Å². The summed E-state index contributed by atoms with van der Waals surface area (Å²) >= 11 is 0. The molecule has 75 heavy (non-hydrogen) atoms. The van der Waals surface area contributed by atoms with Crippen molar-refractivity contribution in [1.29, 1.82) is 0 Å². The molecule has 0 aromatic heterocycles. The van der Waals surface area contributed by atoms with Gasteiger partial charge in [-0.2, -0.15) is 0 Å². The lowest BCUT2D eigenvalue weighted by atomic mass is 9.65. The number of allylic oxidation sites excluding steroid dienone is 18. The van der Waals surface area contributed by atoms with Gasteiger partial charge in [-0.15, -0.1) is 0 Å². The molecular weight excluding hydrogens is 905 g/mol. The molecule has 1 heterocycles. The molecule has 2 heteroatoms. The standard InChI is InChI=1S/C73H62N2/c74-70(58-29-11-4-12-30-58)51-67(56-27-9-3-10-28-56)60-44-43-59-45-47-71(75-72(59)50-60)61-31-19-33-63(49-61)73(68-36-15-13-34-65(68)66-35-14-16-37-69(66)73)62-32-18-24-54(48-62)23-17-22-53-38-41-57(42-39-53)64(55-25-7-2-8-26-55)46-40-52-20-5-1-6-21-52/h1-18,20-30,32-38,41-49,51,60,70-71,75H,19,31,39-40,50,74H2/b23-17+,53-22-,64-46-,67-51-. The Balaban J connectivity index is 0.827. The minimum absolute atomic E-state index is 0.0802. The van der Waals surface area contributed by atoms with Crippen molar-refractivity contribution in [2.75, 3.05) is 0 Å². The number of hydrogen-bond donors (Lipinski definition) is 2. The van der Waals surface area contributed by atoms with Crippen LogP contribution in [0.4, 0.5) is 0 Å². The van der Waals surface area contributed by atoms with Crippen LogP contribution in [0.25, 0.3) is 28.3 Å². The van der Waals surface area contributed by atoms with Crippen LogP contribution in [-0.2, 0) is 11.8 Å². The monoisotopic (exact) mass is 966 g/mol. The lowest BCUT2D eigenvalue weighted by Crippen LogP contribution is -2.35. The zero-order chi connectivity index (χ0) is 50.4. The molecule has 0 spiro atoms. The lowest BCUT2D eigenvalue weighted by molar-refractivity contribution is 0.628. The molecule has 12 rings (SSSR count). The van der Waals surface area contributed by atoms with Crippen LogP contribution in [-0.4, -0.2) is 6.04 Å². The Bertz CT molecular complexity index is 3540. The smallest absolute Gasteiger partial charge is 0.0710 e. The minimum Gasteiger partial charge on any atom is -0.378 e. The van der Waals surface area contributed by atoms with Gasteiger partial charge in [-0.3, -0.25) is 0 Å². The van der Waals surface area contributed by atoms with Crippen molar-refractivity contribution in [3.05, 3.63) is 351 Å². The van der Waals surface area contributed by atoms with Crippen molar-refractivity contribution in [3.8, 4) is 11.1 Å². The molecule has 7 aromatic rings. The second-order valence-electron chi connectivity index (χ2n) is 20.4. The van der Waals surface area contributed by atoms with E-state index < -0.39 is 5.41 Å². The average Bonchev–Trinajstić information content (AvgIpc) is 3.79. The fourth-order valence-corrected chi connectivity index (χ4v) is 12.1.